The molecular formula is C20H21NO4. The average molecular weight is 339 g/mol. The number of nitrogens with zero attached hydrogens (tertiary/aromatic N) is 1. The second-order valence-corrected chi connectivity index (χ2v) is 5.95. The Labute approximate surface area is 147 Å². The molecule has 0 radical (unpaired) electrons. The molecule has 0 spiro atoms. The van der Waals surface area contributed by atoms with Crippen molar-refractivity contribution in [1.29, 1.82) is 0 Å². The van der Waals surface area contributed by atoms with Crippen molar-refractivity contribution in [1.82, 2.24) is 0 Å². The van der Waals surface area contributed by atoms with E-state index in [0.29, 0.717) is 23.4 Å². The monoisotopic (exact) mass is 339 g/mol. The first-order valence-corrected chi connectivity index (χ1v) is 8.35. The standard InChI is InChI=1S/C20H21NO4/c1-3-7-17(22)15-10-11-18-16(12-15)21(13-24-2)20(23)19(25-18)14-8-5-4-6-9-14/h4-6,8-12,19H,3,7,13H2,1-2H3. The molecule has 2 aromatic rings. The van der Waals surface area contributed by atoms with Crippen molar-refractivity contribution < 1.29 is 19.1 Å². The van der Waals surface area contributed by atoms with Crippen molar-refractivity contribution in [3.63, 3.8) is 0 Å². The minimum absolute atomic E-state index is 0.0558. The SMILES string of the molecule is CCCC(=O)c1ccc2c(c1)N(COC)C(=O)C(c1ccccc1)O2. The van der Waals surface area contributed by atoms with Crippen LogP contribution in [0.2, 0.25) is 0 Å². The van der Waals surface area contributed by atoms with Crippen LogP contribution in [0.3, 0.4) is 0 Å². The molecule has 0 aliphatic carbocycles. The maximum Gasteiger partial charge on any atom is 0.274 e. The number of rotatable bonds is 6. The van der Waals surface area contributed by atoms with E-state index in [0.717, 1.165) is 12.0 Å². The molecule has 25 heavy (non-hydrogen) atoms. The summed E-state index contributed by atoms with van der Waals surface area (Å²) in [6, 6.07) is 14.6. The number of carbonyl (C=O) groups is 2. The van der Waals surface area contributed by atoms with Crippen molar-refractivity contribution in [3.8, 4) is 5.75 Å². The topological polar surface area (TPSA) is 55.8 Å². The summed E-state index contributed by atoms with van der Waals surface area (Å²) < 4.78 is 11.1. The third-order valence-electron chi connectivity index (χ3n) is 4.14. The summed E-state index contributed by atoms with van der Waals surface area (Å²) in [6.45, 7) is 2.06. The van der Waals surface area contributed by atoms with Crippen LogP contribution in [-0.4, -0.2) is 25.5 Å². The molecule has 0 fully saturated rings. The number of anilines is 1. The number of Topliss-reactive ketones (excluding diaryl/α,β-unsaturated/α-hetero) is 1. The summed E-state index contributed by atoms with van der Waals surface area (Å²) in [5.41, 5.74) is 1.93. The molecule has 0 bridgehead atoms. The fraction of sp³-hybridized carbons (Fsp3) is 0.300. The van der Waals surface area contributed by atoms with Crippen LogP contribution in [0.4, 0.5) is 5.69 Å². The number of ketones is 1. The fourth-order valence-corrected chi connectivity index (χ4v) is 2.91. The molecule has 1 aliphatic heterocycles. The molecule has 1 aliphatic rings. The van der Waals surface area contributed by atoms with E-state index in [1.54, 1.807) is 18.2 Å². The Hall–Kier alpha value is -2.66. The highest BCUT2D eigenvalue weighted by Gasteiger charge is 2.35. The molecule has 1 heterocycles. The zero-order valence-corrected chi connectivity index (χ0v) is 14.4. The Bertz CT molecular complexity index is 773. The number of hydrogen-bond acceptors (Lipinski definition) is 4. The number of ether oxygens (including phenoxy) is 2. The predicted octanol–water partition coefficient (Wildman–Crippen LogP) is 3.74. The van der Waals surface area contributed by atoms with Gasteiger partial charge in [-0.15, -0.1) is 0 Å². The molecule has 1 amide bonds. The molecule has 2 aromatic carbocycles. The van der Waals surface area contributed by atoms with Gasteiger partial charge in [-0.05, 0) is 24.6 Å². The second-order valence-electron chi connectivity index (χ2n) is 5.95. The van der Waals surface area contributed by atoms with Gasteiger partial charge in [0.15, 0.2) is 5.78 Å². The van der Waals surface area contributed by atoms with E-state index in [9.17, 15) is 9.59 Å². The third kappa shape index (κ3) is 3.42. The van der Waals surface area contributed by atoms with Gasteiger partial charge in [0.05, 0.1) is 5.69 Å². The molecule has 5 nitrogen and oxygen atoms in total. The van der Waals surface area contributed by atoms with Gasteiger partial charge in [0.1, 0.15) is 12.5 Å². The highest BCUT2D eigenvalue weighted by atomic mass is 16.5. The normalized spacial score (nSPS) is 16.3. The number of hydrogen-bond donors (Lipinski definition) is 0. The Morgan fingerprint density at radius 3 is 2.64 bits per heavy atom. The van der Waals surface area contributed by atoms with Crippen molar-refractivity contribution in [3.05, 3.63) is 59.7 Å². The van der Waals surface area contributed by atoms with Gasteiger partial charge in [-0.2, -0.15) is 0 Å². The summed E-state index contributed by atoms with van der Waals surface area (Å²) in [5.74, 6) is 0.416. The molecule has 0 N–H and O–H groups in total. The van der Waals surface area contributed by atoms with Gasteiger partial charge in [0.25, 0.3) is 5.91 Å². The summed E-state index contributed by atoms with van der Waals surface area (Å²) in [6.07, 6.45) is 0.536. The number of benzene rings is 2. The number of carbonyl (C=O) groups excluding carboxylic acids is 2. The van der Waals surface area contributed by atoms with Crippen molar-refractivity contribution in [2.45, 2.75) is 25.9 Å². The largest absolute Gasteiger partial charge is 0.474 e. The van der Waals surface area contributed by atoms with Gasteiger partial charge >= 0.3 is 0 Å². The lowest BCUT2D eigenvalue weighted by Crippen LogP contribution is -2.42. The molecule has 0 saturated heterocycles. The smallest absolute Gasteiger partial charge is 0.274 e. The van der Waals surface area contributed by atoms with Crippen molar-refractivity contribution >= 4 is 17.4 Å². The van der Waals surface area contributed by atoms with Crippen LogP contribution in [0, 0.1) is 0 Å². The minimum atomic E-state index is -0.721. The molecule has 0 saturated carbocycles. The van der Waals surface area contributed by atoms with Crippen LogP contribution in [0.1, 0.15) is 41.8 Å². The predicted molar refractivity (Wildman–Crippen MR) is 94.9 cm³/mol. The van der Waals surface area contributed by atoms with Crippen LogP contribution in [0.5, 0.6) is 5.75 Å². The molecule has 5 heteroatoms. The first kappa shape index (κ1) is 17.2. The van der Waals surface area contributed by atoms with E-state index in [1.807, 2.05) is 37.3 Å². The van der Waals surface area contributed by atoms with E-state index < -0.39 is 6.10 Å². The molecule has 1 atom stereocenters. The zero-order chi connectivity index (χ0) is 17.8. The summed E-state index contributed by atoms with van der Waals surface area (Å²) in [7, 11) is 1.53. The van der Waals surface area contributed by atoms with Gasteiger partial charge in [-0.3, -0.25) is 14.5 Å². The van der Waals surface area contributed by atoms with Crippen molar-refractivity contribution in [2.75, 3.05) is 18.7 Å². The quantitative estimate of drug-likeness (QED) is 0.752. The van der Waals surface area contributed by atoms with E-state index in [-0.39, 0.29) is 18.4 Å². The number of fused-ring (bicyclic) bond motifs is 1. The maximum atomic E-state index is 12.9. The zero-order valence-electron chi connectivity index (χ0n) is 14.4. The lowest BCUT2D eigenvalue weighted by molar-refractivity contribution is -0.127. The van der Waals surface area contributed by atoms with E-state index >= 15 is 0 Å². The molecular weight excluding hydrogens is 318 g/mol. The highest BCUT2D eigenvalue weighted by molar-refractivity contribution is 6.03. The molecule has 0 aromatic heterocycles. The molecule has 3 rings (SSSR count). The number of amides is 1. The van der Waals surface area contributed by atoms with Crippen LogP contribution in [0.15, 0.2) is 48.5 Å². The van der Waals surface area contributed by atoms with Crippen LogP contribution in [-0.2, 0) is 9.53 Å². The third-order valence-corrected chi connectivity index (χ3v) is 4.14. The van der Waals surface area contributed by atoms with Gasteiger partial charge in [-0.25, -0.2) is 0 Å². The second kappa shape index (κ2) is 7.49. The fourth-order valence-electron chi connectivity index (χ4n) is 2.91. The lowest BCUT2D eigenvalue weighted by atomic mass is 10.0. The Morgan fingerprint density at radius 1 is 1.20 bits per heavy atom. The van der Waals surface area contributed by atoms with Crippen molar-refractivity contribution in [2.24, 2.45) is 0 Å². The first-order valence-electron chi connectivity index (χ1n) is 8.35. The number of methoxy groups -OCH3 is 1. The summed E-state index contributed by atoms with van der Waals surface area (Å²) in [5, 5.41) is 0. The first-order chi connectivity index (χ1) is 12.2. The van der Waals surface area contributed by atoms with E-state index in [2.05, 4.69) is 0 Å². The Kier molecular flexibility index (Phi) is 5.14. The highest BCUT2D eigenvalue weighted by Crippen LogP contribution is 2.39. The van der Waals surface area contributed by atoms with Crippen LogP contribution < -0.4 is 9.64 Å². The van der Waals surface area contributed by atoms with E-state index in [4.69, 9.17) is 9.47 Å². The summed E-state index contributed by atoms with van der Waals surface area (Å²) >= 11 is 0. The maximum absolute atomic E-state index is 12.9. The molecule has 130 valence electrons. The van der Waals surface area contributed by atoms with Gasteiger partial charge in [-0.1, -0.05) is 37.3 Å². The van der Waals surface area contributed by atoms with Gasteiger partial charge in [0, 0.05) is 24.7 Å². The van der Waals surface area contributed by atoms with Gasteiger partial charge < -0.3 is 9.47 Å². The Morgan fingerprint density at radius 2 is 1.96 bits per heavy atom. The van der Waals surface area contributed by atoms with Gasteiger partial charge in [0.2, 0.25) is 6.10 Å². The average Bonchev–Trinajstić information content (AvgIpc) is 2.64. The minimum Gasteiger partial charge on any atom is -0.474 e. The lowest BCUT2D eigenvalue weighted by Gasteiger charge is -2.34. The van der Waals surface area contributed by atoms with E-state index in [1.165, 1.54) is 12.0 Å². The van der Waals surface area contributed by atoms with Crippen LogP contribution >= 0.6 is 0 Å². The Balaban J connectivity index is 2.00. The summed E-state index contributed by atoms with van der Waals surface area (Å²) in [4.78, 5) is 26.6. The molecule has 1 unspecified atom stereocenters. The van der Waals surface area contributed by atoms with Crippen LogP contribution in [0.25, 0.3) is 0 Å².